The molecule has 1 aliphatic carbocycles. The minimum atomic E-state index is -0.879. The summed E-state index contributed by atoms with van der Waals surface area (Å²) in [6, 6.07) is 3.36. The van der Waals surface area contributed by atoms with Crippen molar-refractivity contribution < 1.29 is 14.7 Å². The van der Waals surface area contributed by atoms with Crippen LogP contribution < -0.4 is 5.32 Å². The average molecular weight is 341 g/mol. The first-order valence-corrected chi connectivity index (χ1v) is 7.46. The van der Waals surface area contributed by atoms with Crippen LogP contribution in [0.1, 0.15) is 49.0 Å². The molecule has 1 amide bonds. The summed E-state index contributed by atoms with van der Waals surface area (Å²) in [4.78, 5) is 27.3. The highest BCUT2D eigenvalue weighted by Gasteiger charge is 2.36. The van der Waals surface area contributed by atoms with Gasteiger partial charge in [-0.2, -0.15) is 0 Å². The molecule has 0 atom stereocenters. The van der Waals surface area contributed by atoms with Gasteiger partial charge in [0.2, 0.25) is 0 Å². The molecule has 0 bridgehead atoms. The molecular weight excluding hydrogens is 324 g/mol. The fourth-order valence-electron chi connectivity index (χ4n) is 2.68. The van der Waals surface area contributed by atoms with Crippen molar-refractivity contribution in [1.82, 2.24) is 10.3 Å². The number of carbonyl (C=O) groups excluding carboxylic acids is 1. The van der Waals surface area contributed by atoms with Crippen molar-refractivity contribution >= 4 is 27.8 Å². The van der Waals surface area contributed by atoms with Crippen molar-refractivity contribution in [3.05, 3.63) is 28.5 Å². The number of aromatic nitrogens is 1. The molecule has 1 fully saturated rings. The molecule has 1 aromatic heterocycles. The molecule has 0 unspecified atom stereocenters. The van der Waals surface area contributed by atoms with Gasteiger partial charge in [0, 0.05) is 10.7 Å². The van der Waals surface area contributed by atoms with Crippen LogP contribution in [0.4, 0.5) is 0 Å². The quantitative estimate of drug-likeness (QED) is 0.883. The van der Waals surface area contributed by atoms with Gasteiger partial charge in [-0.25, -0.2) is 4.98 Å². The maximum Gasteiger partial charge on any atom is 0.305 e. The fourth-order valence-corrected chi connectivity index (χ4v) is 2.91. The third-order valence-corrected chi connectivity index (χ3v) is 4.11. The van der Waals surface area contributed by atoms with E-state index in [9.17, 15) is 9.59 Å². The summed E-state index contributed by atoms with van der Waals surface area (Å²) in [7, 11) is 0. The smallest absolute Gasteiger partial charge is 0.305 e. The average Bonchev–Trinajstić information content (AvgIpc) is 2.39. The first-order chi connectivity index (χ1) is 9.51. The van der Waals surface area contributed by atoms with Crippen LogP contribution in [0.5, 0.6) is 0 Å². The Morgan fingerprint density at radius 3 is 2.55 bits per heavy atom. The number of halogens is 1. The van der Waals surface area contributed by atoms with Crippen molar-refractivity contribution in [3.63, 3.8) is 0 Å². The lowest BCUT2D eigenvalue weighted by Gasteiger charge is -2.36. The summed E-state index contributed by atoms with van der Waals surface area (Å²) in [6.45, 7) is 0. The fraction of sp³-hybridized carbons (Fsp3) is 0.500. The van der Waals surface area contributed by atoms with Crippen molar-refractivity contribution in [2.45, 2.75) is 44.1 Å². The third kappa shape index (κ3) is 3.79. The first-order valence-electron chi connectivity index (χ1n) is 6.67. The Morgan fingerprint density at radius 1 is 1.30 bits per heavy atom. The SMILES string of the molecule is O=C(O)CC1(NC(=O)c2ccc(Br)cn2)CCCCC1. The van der Waals surface area contributed by atoms with E-state index in [1.165, 1.54) is 0 Å². The van der Waals surface area contributed by atoms with E-state index in [1.807, 2.05) is 0 Å². The summed E-state index contributed by atoms with van der Waals surface area (Å²) < 4.78 is 0.798. The zero-order chi connectivity index (χ0) is 14.6. The number of pyridine rings is 1. The predicted molar refractivity (Wildman–Crippen MR) is 77.5 cm³/mol. The van der Waals surface area contributed by atoms with Crippen molar-refractivity contribution in [1.29, 1.82) is 0 Å². The zero-order valence-corrected chi connectivity index (χ0v) is 12.6. The molecule has 2 N–H and O–H groups in total. The molecule has 1 saturated carbocycles. The number of carbonyl (C=O) groups is 2. The normalized spacial score (nSPS) is 17.4. The Bertz CT molecular complexity index is 496. The molecule has 1 heterocycles. The Labute approximate surface area is 125 Å². The molecule has 0 aliphatic heterocycles. The Balaban J connectivity index is 2.12. The number of nitrogens with zero attached hydrogens (tertiary/aromatic N) is 1. The summed E-state index contributed by atoms with van der Waals surface area (Å²) in [5, 5.41) is 12.0. The number of hydrogen-bond acceptors (Lipinski definition) is 3. The lowest BCUT2D eigenvalue weighted by atomic mass is 9.79. The van der Waals surface area contributed by atoms with Crippen LogP contribution in [0, 0.1) is 0 Å². The molecule has 20 heavy (non-hydrogen) atoms. The second-order valence-corrected chi connectivity index (χ2v) is 6.14. The van der Waals surface area contributed by atoms with Crippen LogP contribution in [0.2, 0.25) is 0 Å². The van der Waals surface area contributed by atoms with E-state index in [4.69, 9.17) is 5.11 Å². The molecule has 0 spiro atoms. The summed E-state index contributed by atoms with van der Waals surface area (Å²) >= 11 is 3.26. The van der Waals surface area contributed by atoms with E-state index >= 15 is 0 Å². The maximum atomic E-state index is 12.2. The van der Waals surface area contributed by atoms with E-state index in [0.29, 0.717) is 18.5 Å². The van der Waals surface area contributed by atoms with Gasteiger partial charge in [0.25, 0.3) is 5.91 Å². The number of carboxylic acid groups (broad SMARTS) is 1. The molecule has 0 saturated heterocycles. The maximum absolute atomic E-state index is 12.2. The van der Waals surface area contributed by atoms with Gasteiger partial charge in [0.05, 0.1) is 12.0 Å². The summed E-state index contributed by atoms with van der Waals surface area (Å²) in [5.74, 6) is -1.18. The summed E-state index contributed by atoms with van der Waals surface area (Å²) in [6.07, 6.45) is 5.93. The van der Waals surface area contributed by atoms with Gasteiger partial charge in [-0.1, -0.05) is 19.3 Å². The van der Waals surface area contributed by atoms with Crippen molar-refractivity contribution in [3.8, 4) is 0 Å². The monoisotopic (exact) mass is 340 g/mol. The Kier molecular flexibility index (Phi) is 4.75. The van der Waals surface area contributed by atoms with E-state index in [1.54, 1.807) is 18.3 Å². The second kappa shape index (κ2) is 6.35. The minimum Gasteiger partial charge on any atom is -0.481 e. The highest BCUT2D eigenvalue weighted by atomic mass is 79.9. The number of hydrogen-bond donors (Lipinski definition) is 2. The lowest BCUT2D eigenvalue weighted by molar-refractivity contribution is -0.139. The van der Waals surface area contributed by atoms with Gasteiger partial charge in [-0.3, -0.25) is 9.59 Å². The van der Waals surface area contributed by atoms with Crippen LogP contribution in [-0.2, 0) is 4.79 Å². The highest BCUT2D eigenvalue weighted by Crippen LogP contribution is 2.31. The van der Waals surface area contributed by atoms with Gasteiger partial charge in [0.1, 0.15) is 5.69 Å². The van der Waals surface area contributed by atoms with Crippen LogP contribution in [0.25, 0.3) is 0 Å². The van der Waals surface area contributed by atoms with Gasteiger partial charge in [0.15, 0.2) is 0 Å². The van der Waals surface area contributed by atoms with Crippen LogP contribution in [0.15, 0.2) is 22.8 Å². The third-order valence-electron chi connectivity index (χ3n) is 3.64. The van der Waals surface area contributed by atoms with Crippen LogP contribution in [-0.4, -0.2) is 27.5 Å². The Hall–Kier alpha value is -1.43. The number of rotatable bonds is 4. The lowest BCUT2D eigenvalue weighted by Crippen LogP contribution is -2.51. The first kappa shape index (κ1) is 15.0. The van der Waals surface area contributed by atoms with Gasteiger partial charge >= 0.3 is 5.97 Å². The number of nitrogens with one attached hydrogen (secondary N) is 1. The molecule has 0 radical (unpaired) electrons. The van der Waals surface area contributed by atoms with Gasteiger partial charge in [-0.05, 0) is 40.9 Å². The largest absolute Gasteiger partial charge is 0.481 e. The molecule has 5 nitrogen and oxygen atoms in total. The molecule has 1 aromatic rings. The van der Waals surface area contributed by atoms with Crippen LogP contribution >= 0.6 is 15.9 Å². The van der Waals surface area contributed by atoms with E-state index < -0.39 is 11.5 Å². The molecule has 1 aliphatic rings. The highest BCUT2D eigenvalue weighted by molar-refractivity contribution is 9.10. The zero-order valence-electron chi connectivity index (χ0n) is 11.1. The number of aliphatic carboxylic acids is 1. The number of carboxylic acids is 1. The molecule has 6 heteroatoms. The topological polar surface area (TPSA) is 79.3 Å². The van der Waals surface area contributed by atoms with E-state index in [0.717, 1.165) is 23.7 Å². The van der Waals surface area contributed by atoms with Crippen LogP contribution in [0.3, 0.4) is 0 Å². The van der Waals surface area contributed by atoms with Gasteiger partial charge < -0.3 is 10.4 Å². The van der Waals surface area contributed by atoms with Crippen molar-refractivity contribution in [2.75, 3.05) is 0 Å². The number of amides is 1. The minimum absolute atomic E-state index is 0.0325. The molecule has 108 valence electrons. The van der Waals surface area contributed by atoms with Gasteiger partial charge in [-0.15, -0.1) is 0 Å². The predicted octanol–water partition coefficient (Wildman–Crippen LogP) is 2.75. The van der Waals surface area contributed by atoms with E-state index in [-0.39, 0.29) is 12.3 Å². The molecule has 2 rings (SSSR count). The molecular formula is C14H17BrN2O3. The Morgan fingerprint density at radius 2 is 2.00 bits per heavy atom. The second-order valence-electron chi connectivity index (χ2n) is 5.23. The van der Waals surface area contributed by atoms with Crippen molar-refractivity contribution in [2.24, 2.45) is 0 Å². The van der Waals surface area contributed by atoms with E-state index in [2.05, 4.69) is 26.2 Å². The molecule has 0 aromatic carbocycles. The summed E-state index contributed by atoms with van der Waals surface area (Å²) in [5.41, 5.74) is -0.320. The standard InChI is InChI=1S/C14H17BrN2O3/c15-10-4-5-11(16-9-10)13(20)17-14(8-12(18)19)6-2-1-3-7-14/h4-5,9H,1-3,6-8H2,(H,17,20)(H,18,19).